The predicted octanol–water partition coefficient (Wildman–Crippen LogP) is 3.44. The molecule has 58 valence electrons. The fraction of sp³-hybridized carbons (Fsp3) is 0.333. The van der Waals surface area contributed by atoms with E-state index in [9.17, 15) is 0 Å². The predicted molar refractivity (Wildman–Crippen MR) is 49.8 cm³/mol. The van der Waals surface area contributed by atoms with Gasteiger partial charge < -0.3 is 0 Å². The van der Waals surface area contributed by atoms with Crippen molar-refractivity contribution in [3.8, 4) is 0 Å². The van der Waals surface area contributed by atoms with E-state index in [0.29, 0.717) is 0 Å². The standard InChI is InChI=1S/C7H8.C2H6.ClH/c1-7-5-3-2-4-6-7;1-2;/h2-6H,1H3;1-2H3;1H. The lowest BCUT2D eigenvalue weighted by atomic mass is 10.2. The Kier molecular flexibility index (Phi) is 10.4. The van der Waals surface area contributed by atoms with Crippen LogP contribution in [0.25, 0.3) is 0 Å². The van der Waals surface area contributed by atoms with Crippen LogP contribution in [0.4, 0.5) is 0 Å². The second-order valence-corrected chi connectivity index (χ2v) is 1.65. The molecule has 0 aliphatic heterocycles. The van der Waals surface area contributed by atoms with Crippen molar-refractivity contribution in [2.75, 3.05) is 0 Å². The summed E-state index contributed by atoms with van der Waals surface area (Å²) in [5, 5.41) is 0. The smallest absolute Gasteiger partial charge is 0.0398 e. The first-order valence-electron chi connectivity index (χ1n) is 3.41. The lowest BCUT2D eigenvalue weighted by Gasteiger charge is -1.82. The average Bonchev–Trinajstić information content (AvgIpc) is 1.94. The van der Waals surface area contributed by atoms with Gasteiger partial charge in [0.25, 0.3) is 0 Å². The fourth-order valence-corrected chi connectivity index (χ4v) is 0.534. The Bertz CT molecular complexity index is 135. The van der Waals surface area contributed by atoms with Gasteiger partial charge in [0.2, 0.25) is 0 Å². The third kappa shape index (κ3) is 5.64. The van der Waals surface area contributed by atoms with Gasteiger partial charge in [-0.1, -0.05) is 49.7 Å². The molecule has 0 heterocycles. The van der Waals surface area contributed by atoms with Crippen molar-refractivity contribution in [3.05, 3.63) is 35.9 Å². The maximum absolute atomic E-state index is 2.08. The summed E-state index contributed by atoms with van der Waals surface area (Å²) in [6, 6.07) is 10.3. The highest BCUT2D eigenvalue weighted by atomic mass is 35.5. The molecule has 0 N–H and O–H groups in total. The van der Waals surface area contributed by atoms with Crippen LogP contribution in [0.15, 0.2) is 30.3 Å². The van der Waals surface area contributed by atoms with Gasteiger partial charge in [0.1, 0.15) is 0 Å². The topological polar surface area (TPSA) is 0 Å². The molecule has 0 saturated heterocycles. The maximum Gasteiger partial charge on any atom is -0.0398 e. The van der Waals surface area contributed by atoms with Gasteiger partial charge in [-0.15, -0.1) is 12.4 Å². The Labute approximate surface area is 69.7 Å². The van der Waals surface area contributed by atoms with Crippen LogP contribution in [-0.2, 0) is 0 Å². The monoisotopic (exact) mass is 158 g/mol. The Morgan fingerprint density at radius 2 is 1.30 bits per heavy atom. The molecule has 0 aliphatic carbocycles. The van der Waals surface area contributed by atoms with Gasteiger partial charge in [-0.25, -0.2) is 0 Å². The van der Waals surface area contributed by atoms with Gasteiger partial charge >= 0.3 is 0 Å². The zero-order valence-electron chi connectivity index (χ0n) is 6.79. The van der Waals surface area contributed by atoms with Crippen LogP contribution < -0.4 is 0 Å². The molecule has 0 saturated carbocycles. The highest BCUT2D eigenvalue weighted by Crippen LogP contribution is 1.92. The third-order valence-electron chi connectivity index (χ3n) is 0.940. The van der Waals surface area contributed by atoms with Crippen molar-refractivity contribution in [2.45, 2.75) is 20.8 Å². The SMILES string of the molecule is CC.Cc1ccccc1.Cl. The molecular weight excluding hydrogens is 144 g/mol. The van der Waals surface area contributed by atoms with E-state index in [-0.39, 0.29) is 12.4 Å². The van der Waals surface area contributed by atoms with Crippen molar-refractivity contribution in [2.24, 2.45) is 0 Å². The van der Waals surface area contributed by atoms with E-state index in [1.165, 1.54) is 5.56 Å². The summed E-state index contributed by atoms with van der Waals surface area (Å²) in [6.07, 6.45) is 0. The molecule has 0 radical (unpaired) electrons. The molecular formula is C9H15Cl. The van der Waals surface area contributed by atoms with Gasteiger partial charge in [-0.3, -0.25) is 0 Å². The van der Waals surface area contributed by atoms with Crippen molar-refractivity contribution in [1.29, 1.82) is 0 Å². The van der Waals surface area contributed by atoms with Crippen LogP contribution in [0.5, 0.6) is 0 Å². The summed E-state index contributed by atoms with van der Waals surface area (Å²) in [7, 11) is 0. The first-order valence-corrected chi connectivity index (χ1v) is 3.41. The van der Waals surface area contributed by atoms with Crippen molar-refractivity contribution >= 4 is 12.4 Å². The maximum atomic E-state index is 2.08. The first-order chi connectivity index (χ1) is 4.39. The Morgan fingerprint density at radius 1 is 0.900 bits per heavy atom. The van der Waals surface area contributed by atoms with E-state index in [2.05, 4.69) is 19.1 Å². The van der Waals surface area contributed by atoms with Gasteiger partial charge in [-0.05, 0) is 6.92 Å². The number of aryl methyl sites for hydroxylation is 1. The summed E-state index contributed by atoms with van der Waals surface area (Å²) >= 11 is 0. The highest BCUT2D eigenvalue weighted by Gasteiger charge is 1.72. The molecule has 1 aromatic carbocycles. The fourth-order valence-electron chi connectivity index (χ4n) is 0.534. The number of halogens is 1. The van der Waals surface area contributed by atoms with Crippen molar-refractivity contribution < 1.29 is 0 Å². The number of rotatable bonds is 0. The zero-order valence-corrected chi connectivity index (χ0v) is 7.61. The molecule has 0 atom stereocenters. The summed E-state index contributed by atoms with van der Waals surface area (Å²) < 4.78 is 0. The molecule has 0 nitrogen and oxygen atoms in total. The average molecular weight is 159 g/mol. The van der Waals surface area contributed by atoms with Gasteiger partial charge in [0.15, 0.2) is 0 Å². The van der Waals surface area contributed by atoms with E-state index in [0.717, 1.165) is 0 Å². The van der Waals surface area contributed by atoms with Crippen molar-refractivity contribution in [1.82, 2.24) is 0 Å². The second-order valence-electron chi connectivity index (χ2n) is 1.65. The summed E-state index contributed by atoms with van der Waals surface area (Å²) in [6.45, 7) is 6.08. The molecule has 0 unspecified atom stereocenters. The first kappa shape index (κ1) is 12.2. The molecule has 0 aromatic heterocycles. The van der Waals surface area contributed by atoms with E-state index in [1.54, 1.807) is 0 Å². The molecule has 0 spiro atoms. The minimum absolute atomic E-state index is 0. The molecule has 0 amide bonds. The number of hydrogen-bond donors (Lipinski definition) is 0. The largest absolute Gasteiger partial charge is 0.147 e. The summed E-state index contributed by atoms with van der Waals surface area (Å²) in [5.41, 5.74) is 1.32. The third-order valence-corrected chi connectivity index (χ3v) is 0.940. The van der Waals surface area contributed by atoms with Gasteiger partial charge in [0.05, 0.1) is 0 Å². The van der Waals surface area contributed by atoms with Crippen molar-refractivity contribution in [3.63, 3.8) is 0 Å². The Balaban J connectivity index is 0. The molecule has 10 heavy (non-hydrogen) atoms. The van der Waals surface area contributed by atoms with Crippen LogP contribution in [0, 0.1) is 6.92 Å². The van der Waals surface area contributed by atoms with Crippen LogP contribution >= 0.6 is 12.4 Å². The summed E-state index contributed by atoms with van der Waals surface area (Å²) in [4.78, 5) is 0. The van der Waals surface area contributed by atoms with Gasteiger partial charge in [-0.2, -0.15) is 0 Å². The molecule has 0 aliphatic rings. The van der Waals surface area contributed by atoms with E-state index in [4.69, 9.17) is 0 Å². The van der Waals surface area contributed by atoms with E-state index in [1.807, 2.05) is 32.0 Å². The molecule has 0 bridgehead atoms. The summed E-state index contributed by atoms with van der Waals surface area (Å²) in [5.74, 6) is 0. The van der Waals surface area contributed by atoms with Crippen LogP contribution in [0.3, 0.4) is 0 Å². The highest BCUT2D eigenvalue weighted by molar-refractivity contribution is 5.85. The van der Waals surface area contributed by atoms with Crippen LogP contribution in [-0.4, -0.2) is 0 Å². The number of hydrogen-bond acceptors (Lipinski definition) is 0. The van der Waals surface area contributed by atoms with Crippen LogP contribution in [0.1, 0.15) is 19.4 Å². The quantitative estimate of drug-likeness (QED) is 0.543. The molecule has 1 heteroatoms. The molecule has 1 aromatic rings. The zero-order chi connectivity index (χ0) is 7.11. The Morgan fingerprint density at radius 3 is 1.50 bits per heavy atom. The van der Waals surface area contributed by atoms with E-state index >= 15 is 0 Å². The number of benzene rings is 1. The molecule has 1 rings (SSSR count). The van der Waals surface area contributed by atoms with Crippen LogP contribution in [0.2, 0.25) is 0 Å². The van der Waals surface area contributed by atoms with E-state index < -0.39 is 0 Å². The minimum Gasteiger partial charge on any atom is -0.147 e. The minimum atomic E-state index is 0. The van der Waals surface area contributed by atoms with Gasteiger partial charge in [0, 0.05) is 0 Å². The lowest BCUT2D eigenvalue weighted by molar-refractivity contribution is 1.48. The second kappa shape index (κ2) is 8.51. The Hall–Kier alpha value is -0.490. The normalized spacial score (nSPS) is 6.70. The molecule has 0 fully saturated rings. The lowest BCUT2D eigenvalue weighted by Crippen LogP contribution is -1.62.